The van der Waals surface area contributed by atoms with Gasteiger partial charge in [-0.15, -0.1) is 0 Å². The van der Waals surface area contributed by atoms with Crippen LogP contribution in [-0.4, -0.2) is 16.0 Å². The fraction of sp³-hybridized carbons (Fsp3) is 0.333. The van der Waals surface area contributed by atoms with Crippen molar-refractivity contribution in [3.8, 4) is 0 Å². The first-order chi connectivity index (χ1) is 5.79. The normalized spacial score (nSPS) is 27.4. The number of benzene rings is 1. The molecule has 64 valence electrons. The van der Waals surface area contributed by atoms with Gasteiger partial charge in [0.1, 0.15) is 0 Å². The first-order valence-electron chi connectivity index (χ1n) is 4.02. The summed E-state index contributed by atoms with van der Waals surface area (Å²) in [7, 11) is -0.822. The van der Waals surface area contributed by atoms with Gasteiger partial charge >= 0.3 is 0 Å². The lowest BCUT2D eigenvalue weighted by Gasteiger charge is -2.22. The third-order valence-electron chi connectivity index (χ3n) is 2.05. The second-order valence-electron chi connectivity index (χ2n) is 2.99. The second kappa shape index (κ2) is 2.90. The molecule has 1 aromatic rings. The number of anilines is 1. The van der Waals surface area contributed by atoms with Gasteiger partial charge in [-0.2, -0.15) is 0 Å². The summed E-state index contributed by atoms with van der Waals surface area (Å²) in [5, 5.41) is 3.47. The van der Waals surface area contributed by atoms with Crippen LogP contribution in [0.4, 0.5) is 5.69 Å². The molecule has 2 atom stereocenters. The van der Waals surface area contributed by atoms with E-state index in [2.05, 4.69) is 5.32 Å². The van der Waals surface area contributed by atoms with Crippen LogP contribution in [0, 0.1) is 0 Å². The molecule has 0 saturated carbocycles. The molecule has 0 radical (unpaired) electrons. The van der Waals surface area contributed by atoms with E-state index in [4.69, 9.17) is 0 Å². The highest BCUT2D eigenvalue weighted by molar-refractivity contribution is 7.86. The molecule has 1 aromatic carbocycles. The van der Waals surface area contributed by atoms with Crippen LogP contribution in [0.15, 0.2) is 29.2 Å². The summed E-state index contributed by atoms with van der Waals surface area (Å²) in [6, 6.07) is 7.78. The summed E-state index contributed by atoms with van der Waals surface area (Å²) in [6.45, 7) is 2.81. The fourth-order valence-electron chi connectivity index (χ4n) is 1.33. The van der Waals surface area contributed by atoms with E-state index in [0.717, 1.165) is 17.1 Å². The van der Waals surface area contributed by atoms with Crippen LogP contribution in [0.3, 0.4) is 0 Å². The Kier molecular flexibility index (Phi) is 1.89. The van der Waals surface area contributed by atoms with Gasteiger partial charge in [0, 0.05) is 6.54 Å². The Hall–Kier alpha value is -0.830. The molecule has 0 bridgehead atoms. The average molecular weight is 181 g/mol. The van der Waals surface area contributed by atoms with Gasteiger partial charge < -0.3 is 5.32 Å². The monoisotopic (exact) mass is 181 g/mol. The molecular formula is C9H11NOS. The predicted octanol–water partition coefficient (Wildman–Crippen LogP) is 1.61. The highest BCUT2D eigenvalue weighted by Gasteiger charge is 2.20. The maximum atomic E-state index is 11.7. The number of para-hydroxylation sites is 1. The first-order valence-corrected chi connectivity index (χ1v) is 5.24. The topological polar surface area (TPSA) is 29.1 Å². The number of nitrogens with one attached hydrogen (secondary N) is 1. The highest BCUT2D eigenvalue weighted by Crippen LogP contribution is 2.25. The van der Waals surface area contributed by atoms with Crippen LogP contribution in [0.5, 0.6) is 0 Å². The predicted molar refractivity (Wildman–Crippen MR) is 50.8 cm³/mol. The molecule has 0 spiro atoms. The lowest BCUT2D eigenvalue weighted by molar-refractivity contribution is 0.672. The van der Waals surface area contributed by atoms with E-state index in [1.807, 2.05) is 31.2 Å². The minimum atomic E-state index is -0.822. The molecule has 1 aliphatic rings. The number of rotatable bonds is 0. The van der Waals surface area contributed by atoms with Gasteiger partial charge in [-0.1, -0.05) is 12.1 Å². The summed E-state index contributed by atoms with van der Waals surface area (Å²) < 4.78 is 11.7. The Bertz CT molecular complexity index is 324. The van der Waals surface area contributed by atoms with Gasteiger partial charge in [-0.25, -0.2) is 0 Å². The molecular weight excluding hydrogens is 170 g/mol. The lowest BCUT2D eigenvalue weighted by Crippen LogP contribution is -2.27. The molecule has 1 heterocycles. The minimum absolute atomic E-state index is 0.222. The Morgan fingerprint density at radius 1 is 1.50 bits per heavy atom. The average Bonchev–Trinajstić information content (AvgIpc) is 2.12. The van der Waals surface area contributed by atoms with Gasteiger partial charge in [0.25, 0.3) is 0 Å². The third kappa shape index (κ3) is 1.14. The molecule has 0 saturated heterocycles. The molecule has 0 aliphatic carbocycles. The lowest BCUT2D eigenvalue weighted by atomic mass is 10.3. The molecule has 2 unspecified atom stereocenters. The van der Waals surface area contributed by atoms with Crippen molar-refractivity contribution in [2.75, 3.05) is 11.9 Å². The molecule has 0 amide bonds. The van der Waals surface area contributed by atoms with Crippen molar-refractivity contribution in [3.63, 3.8) is 0 Å². The van der Waals surface area contributed by atoms with E-state index in [0.29, 0.717) is 0 Å². The highest BCUT2D eigenvalue weighted by atomic mass is 32.2. The Morgan fingerprint density at radius 3 is 3.08 bits per heavy atom. The Morgan fingerprint density at radius 2 is 2.25 bits per heavy atom. The van der Waals surface area contributed by atoms with Crippen molar-refractivity contribution in [2.24, 2.45) is 0 Å². The minimum Gasteiger partial charge on any atom is -0.383 e. The van der Waals surface area contributed by atoms with Gasteiger partial charge in [-0.05, 0) is 19.1 Å². The Labute approximate surface area is 74.4 Å². The fourth-order valence-corrected chi connectivity index (χ4v) is 2.57. The number of fused-ring (bicyclic) bond motifs is 1. The van der Waals surface area contributed by atoms with Crippen LogP contribution >= 0.6 is 0 Å². The zero-order valence-electron chi connectivity index (χ0n) is 6.91. The SMILES string of the molecule is CC1CNc2ccccc2S1=O. The zero-order chi connectivity index (χ0) is 8.55. The van der Waals surface area contributed by atoms with Crippen molar-refractivity contribution >= 4 is 16.5 Å². The van der Waals surface area contributed by atoms with Gasteiger partial charge in [0.2, 0.25) is 0 Å². The van der Waals surface area contributed by atoms with E-state index in [1.165, 1.54) is 0 Å². The van der Waals surface area contributed by atoms with Gasteiger partial charge in [-0.3, -0.25) is 4.21 Å². The van der Waals surface area contributed by atoms with E-state index < -0.39 is 10.8 Å². The standard InChI is InChI=1S/C9H11NOS/c1-7-6-10-8-4-2-3-5-9(8)12(7)11/h2-5,7,10H,6H2,1H3. The van der Waals surface area contributed by atoms with E-state index in [1.54, 1.807) is 0 Å². The number of hydrogen-bond donors (Lipinski definition) is 1. The Balaban J connectivity index is 2.49. The first kappa shape index (κ1) is 7.80. The maximum absolute atomic E-state index is 11.7. The number of hydrogen-bond acceptors (Lipinski definition) is 2. The van der Waals surface area contributed by atoms with E-state index in [9.17, 15) is 4.21 Å². The molecule has 0 aromatic heterocycles. The van der Waals surface area contributed by atoms with Crippen molar-refractivity contribution in [3.05, 3.63) is 24.3 Å². The van der Waals surface area contributed by atoms with Crippen molar-refractivity contribution in [1.82, 2.24) is 0 Å². The van der Waals surface area contributed by atoms with Crippen molar-refractivity contribution in [1.29, 1.82) is 0 Å². The largest absolute Gasteiger partial charge is 0.383 e. The summed E-state index contributed by atoms with van der Waals surface area (Å²) in [6.07, 6.45) is 0. The van der Waals surface area contributed by atoms with E-state index in [-0.39, 0.29) is 5.25 Å². The summed E-state index contributed by atoms with van der Waals surface area (Å²) in [5.41, 5.74) is 1.02. The maximum Gasteiger partial charge on any atom is 0.0622 e. The molecule has 12 heavy (non-hydrogen) atoms. The summed E-state index contributed by atoms with van der Waals surface area (Å²) in [5.74, 6) is 0. The smallest absolute Gasteiger partial charge is 0.0622 e. The van der Waals surface area contributed by atoms with Crippen LogP contribution in [-0.2, 0) is 10.8 Å². The van der Waals surface area contributed by atoms with E-state index >= 15 is 0 Å². The van der Waals surface area contributed by atoms with Crippen LogP contribution in [0.1, 0.15) is 6.92 Å². The molecule has 1 N–H and O–H groups in total. The van der Waals surface area contributed by atoms with Gasteiger partial charge in [0.05, 0.1) is 26.6 Å². The molecule has 2 nitrogen and oxygen atoms in total. The summed E-state index contributed by atoms with van der Waals surface area (Å²) >= 11 is 0. The van der Waals surface area contributed by atoms with Crippen LogP contribution in [0.25, 0.3) is 0 Å². The van der Waals surface area contributed by atoms with Crippen molar-refractivity contribution in [2.45, 2.75) is 17.1 Å². The quantitative estimate of drug-likeness (QED) is 0.658. The zero-order valence-corrected chi connectivity index (χ0v) is 7.73. The summed E-state index contributed by atoms with van der Waals surface area (Å²) in [4.78, 5) is 0.941. The molecule has 3 heteroatoms. The second-order valence-corrected chi connectivity index (χ2v) is 4.82. The molecule has 1 aliphatic heterocycles. The van der Waals surface area contributed by atoms with Crippen LogP contribution < -0.4 is 5.32 Å². The third-order valence-corrected chi connectivity index (χ3v) is 3.74. The molecule has 0 fully saturated rings. The molecule has 2 rings (SSSR count). The van der Waals surface area contributed by atoms with Gasteiger partial charge in [0.15, 0.2) is 0 Å². The van der Waals surface area contributed by atoms with Crippen molar-refractivity contribution < 1.29 is 4.21 Å². The van der Waals surface area contributed by atoms with Crippen LogP contribution in [0.2, 0.25) is 0 Å².